The molecule has 0 bridgehead atoms. The molecule has 4 nitrogen and oxygen atoms in total. The van der Waals surface area contributed by atoms with Crippen LogP contribution in [0.3, 0.4) is 0 Å². The number of hydrogen-bond acceptors (Lipinski definition) is 4. The predicted octanol–water partition coefficient (Wildman–Crippen LogP) is -1.02. The minimum atomic E-state index is -0.973. The molecule has 2 fully saturated rings. The Kier molecular flexibility index (Phi) is 1.47. The molecule has 4 atom stereocenters. The first kappa shape index (κ1) is 7.49. The molecule has 0 aromatic carbocycles. The number of hydrogen-bond donors (Lipinski definition) is 3. The van der Waals surface area contributed by atoms with Gasteiger partial charge in [-0.15, -0.1) is 0 Å². The molecule has 1 saturated heterocycles. The summed E-state index contributed by atoms with van der Waals surface area (Å²) in [5.74, 6) is 0. The third-order valence-electron chi connectivity index (χ3n) is 2.58. The van der Waals surface area contributed by atoms with Crippen LogP contribution < -0.4 is 0 Å². The molecule has 0 aromatic heterocycles. The standard InChI is InChI=1S/C7H12O4/c8-4-1-2-7(10)3-5(9)11-6(4)7/h4-6,8-10H,1-3H2/t4-,5+,6-,7+/m1/s1. The number of ether oxygens (including phenoxy) is 1. The van der Waals surface area contributed by atoms with E-state index < -0.39 is 24.1 Å². The summed E-state index contributed by atoms with van der Waals surface area (Å²) in [6.07, 6.45) is -0.770. The molecule has 2 aliphatic rings. The van der Waals surface area contributed by atoms with Crippen LogP contribution >= 0.6 is 0 Å². The predicted molar refractivity (Wildman–Crippen MR) is 35.7 cm³/mol. The zero-order valence-corrected chi connectivity index (χ0v) is 6.10. The molecule has 64 valence electrons. The molecule has 11 heavy (non-hydrogen) atoms. The van der Waals surface area contributed by atoms with Crippen LogP contribution in [0.15, 0.2) is 0 Å². The summed E-state index contributed by atoms with van der Waals surface area (Å²) in [4.78, 5) is 0. The Morgan fingerprint density at radius 2 is 2.09 bits per heavy atom. The molecule has 0 unspecified atom stereocenters. The highest BCUT2D eigenvalue weighted by Gasteiger charge is 2.54. The normalized spacial score (nSPS) is 56.5. The first-order valence-electron chi connectivity index (χ1n) is 3.86. The summed E-state index contributed by atoms with van der Waals surface area (Å²) in [5, 5.41) is 28.0. The van der Waals surface area contributed by atoms with Crippen molar-refractivity contribution in [3.05, 3.63) is 0 Å². The number of aliphatic hydroxyl groups is 3. The Bertz CT molecular complexity index is 172. The van der Waals surface area contributed by atoms with Crippen molar-refractivity contribution in [2.24, 2.45) is 0 Å². The molecule has 1 saturated carbocycles. The third kappa shape index (κ3) is 0.980. The Labute approximate surface area is 64.4 Å². The zero-order chi connectivity index (χ0) is 8.06. The summed E-state index contributed by atoms with van der Waals surface area (Å²) >= 11 is 0. The molecule has 4 heteroatoms. The Morgan fingerprint density at radius 1 is 1.36 bits per heavy atom. The van der Waals surface area contributed by atoms with Crippen molar-refractivity contribution in [2.75, 3.05) is 0 Å². The van der Waals surface area contributed by atoms with Crippen LogP contribution in [0.25, 0.3) is 0 Å². The molecule has 0 radical (unpaired) electrons. The van der Waals surface area contributed by atoms with Crippen molar-refractivity contribution in [1.29, 1.82) is 0 Å². The average Bonchev–Trinajstić information content (AvgIpc) is 2.32. The Hall–Kier alpha value is -0.160. The van der Waals surface area contributed by atoms with Gasteiger partial charge in [0.15, 0.2) is 6.29 Å². The van der Waals surface area contributed by atoms with Gasteiger partial charge in [0.25, 0.3) is 0 Å². The van der Waals surface area contributed by atoms with E-state index >= 15 is 0 Å². The van der Waals surface area contributed by atoms with Gasteiger partial charge >= 0.3 is 0 Å². The average molecular weight is 160 g/mol. The smallest absolute Gasteiger partial charge is 0.158 e. The van der Waals surface area contributed by atoms with Crippen LogP contribution in [0.4, 0.5) is 0 Å². The lowest BCUT2D eigenvalue weighted by Gasteiger charge is -2.20. The molecule has 2 rings (SSSR count). The van der Waals surface area contributed by atoms with Crippen molar-refractivity contribution in [3.63, 3.8) is 0 Å². The van der Waals surface area contributed by atoms with E-state index in [-0.39, 0.29) is 6.42 Å². The van der Waals surface area contributed by atoms with Gasteiger partial charge in [-0.2, -0.15) is 0 Å². The number of fused-ring (bicyclic) bond motifs is 1. The summed E-state index contributed by atoms with van der Waals surface area (Å²) in [6.45, 7) is 0. The summed E-state index contributed by atoms with van der Waals surface area (Å²) in [6, 6.07) is 0. The molecular weight excluding hydrogens is 148 g/mol. The third-order valence-corrected chi connectivity index (χ3v) is 2.58. The monoisotopic (exact) mass is 160 g/mol. The lowest BCUT2D eigenvalue weighted by molar-refractivity contribution is -0.127. The van der Waals surface area contributed by atoms with Gasteiger partial charge < -0.3 is 20.1 Å². The number of aliphatic hydroxyl groups excluding tert-OH is 2. The van der Waals surface area contributed by atoms with Crippen LogP contribution in [-0.2, 0) is 4.74 Å². The fourth-order valence-corrected chi connectivity index (χ4v) is 2.00. The molecule has 1 heterocycles. The highest BCUT2D eigenvalue weighted by atomic mass is 16.6. The minimum absolute atomic E-state index is 0.231. The minimum Gasteiger partial charge on any atom is -0.390 e. The molecule has 0 amide bonds. The Morgan fingerprint density at radius 3 is 2.73 bits per heavy atom. The highest BCUT2D eigenvalue weighted by molar-refractivity contribution is 5.02. The fourth-order valence-electron chi connectivity index (χ4n) is 2.00. The zero-order valence-electron chi connectivity index (χ0n) is 6.10. The van der Waals surface area contributed by atoms with Crippen LogP contribution in [0.2, 0.25) is 0 Å². The first-order chi connectivity index (χ1) is 5.12. The van der Waals surface area contributed by atoms with Gasteiger partial charge in [-0.3, -0.25) is 0 Å². The maximum absolute atomic E-state index is 9.73. The van der Waals surface area contributed by atoms with Crippen molar-refractivity contribution in [2.45, 2.75) is 43.4 Å². The summed E-state index contributed by atoms with van der Waals surface area (Å²) < 4.78 is 4.96. The fraction of sp³-hybridized carbons (Fsp3) is 1.00. The molecule has 0 aromatic rings. The second kappa shape index (κ2) is 2.17. The summed E-state index contributed by atoms with van der Waals surface area (Å²) in [5.41, 5.74) is -0.973. The Balaban J connectivity index is 2.18. The number of rotatable bonds is 0. The van der Waals surface area contributed by atoms with Gasteiger partial charge in [0.1, 0.15) is 6.10 Å². The lowest BCUT2D eigenvalue weighted by atomic mass is 9.98. The topological polar surface area (TPSA) is 69.9 Å². The van der Waals surface area contributed by atoms with Gasteiger partial charge in [-0.05, 0) is 12.8 Å². The largest absolute Gasteiger partial charge is 0.390 e. The second-order valence-electron chi connectivity index (χ2n) is 3.43. The molecule has 0 spiro atoms. The van der Waals surface area contributed by atoms with E-state index in [0.29, 0.717) is 12.8 Å². The highest BCUT2D eigenvalue weighted by Crippen LogP contribution is 2.41. The quantitative estimate of drug-likeness (QED) is 0.424. The molecular formula is C7H12O4. The first-order valence-corrected chi connectivity index (χ1v) is 3.86. The van der Waals surface area contributed by atoms with E-state index in [4.69, 9.17) is 9.84 Å². The van der Waals surface area contributed by atoms with Gasteiger partial charge in [0.2, 0.25) is 0 Å². The van der Waals surface area contributed by atoms with Gasteiger partial charge in [0, 0.05) is 6.42 Å². The van der Waals surface area contributed by atoms with E-state index in [1.807, 2.05) is 0 Å². The SMILES string of the molecule is O[C@@H]1C[C@@]2(O)CC[C@@H](O)[C@H]2O1. The lowest BCUT2D eigenvalue weighted by Crippen LogP contribution is -2.37. The van der Waals surface area contributed by atoms with Gasteiger partial charge in [0.05, 0.1) is 11.7 Å². The van der Waals surface area contributed by atoms with Crippen molar-refractivity contribution >= 4 is 0 Å². The van der Waals surface area contributed by atoms with Crippen LogP contribution in [0.5, 0.6) is 0 Å². The van der Waals surface area contributed by atoms with Gasteiger partial charge in [-0.25, -0.2) is 0 Å². The molecule has 1 aliphatic carbocycles. The van der Waals surface area contributed by atoms with Crippen LogP contribution in [-0.4, -0.2) is 39.4 Å². The van der Waals surface area contributed by atoms with Crippen LogP contribution in [0, 0.1) is 0 Å². The van der Waals surface area contributed by atoms with Crippen molar-refractivity contribution in [3.8, 4) is 0 Å². The van der Waals surface area contributed by atoms with Crippen LogP contribution in [0.1, 0.15) is 19.3 Å². The van der Waals surface area contributed by atoms with E-state index in [1.165, 1.54) is 0 Å². The van der Waals surface area contributed by atoms with Crippen molar-refractivity contribution < 1.29 is 20.1 Å². The maximum Gasteiger partial charge on any atom is 0.158 e. The van der Waals surface area contributed by atoms with Crippen molar-refractivity contribution in [1.82, 2.24) is 0 Å². The van der Waals surface area contributed by atoms with E-state index in [1.54, 1.807) is 0 Å². The molecule has 3 N–H and O–H groups in total. The van der Waals surface area contributed by atoms with E-state index in [0.717, 1.165) is 0 Å². The van der Waals surface area contributed by atoms with Gasteiger partial charge in [-0.1, -0.05) is 0 Å². The van der Waals surface area contributed by atoms with E-state index in [9.17, 15) is 10.2 Å². The summed E-state index contributed by atoms with van der Waals surface area (Å²) in [7, 11) is 0. The van der Waals surface area contributed by atoms with E-state index in [2.05, 4.69) is 0 Å². The molecule has 1 aliphatic heterocycles. The maximum atomic E-state index is 9.73. The second-order valence-corrected chi connectivity index (χ2v) is 3.43.